The fourth-order valence-corrected chi connectivity index (χ4v) is 3.17. The van der Waals surface area contributed by atoms with Gasteiger partial charge in [0, 0.05) is 6.04 Å². The van der Waals surface area contributed by atoms with E-state index in [1.54, 1.807) is 0 Å². The third-order valence-electron chi connectivity index (χ3n) is 4.59. The maximum Gasteiger partial charge on any atom is 0.325 e. The first-order valence-electron chi connectivity index (χ1n) is 7.45. The summed E-state index contributed by atoms with van der Waals surface area (Å²) in [6.07, 6.45) is 2.85. The average molecular weight is 287 g/mol. The van der Waals surface area contributed by atoms with Crippen LogP contribution in [0.5, 0.6) is 0 Å². The third-order valence-corrected chi connectivity index (χ3v) is 4.59. The lowest BCUT2D eigenvalue weighted by atomic mass is 9.79. The van der Waals surface area contributed by atoms with Gasteiger partial charge in [0.15, 0.2) is 0 Å². The Morgan fingerprint density at radius 1 is 1.24 bits per heavy atom. The van der Waals surface area contributed by atoms with Gasteiger partial charge in [0.2, 0.25) is 0 Å². The summed E-state index contributed by atoms with van der Waals surface area (Å²) in [5.41, 5.74) is 7.32. The molecule has 5 nitrogen and oxygen atoms in total. The van der Waals surface area contributed by atoms with Crippen LogP contribution in [-0.4, -0.2) is 28.4 Å². The summed E-state index contributed by atoms with van der Waals surface area (Å²) in [5.74, 6) is -0.0972. The van der Waals surface area contributed by atoms with Gasteiger partial charge in [-0.2, -0.15) is 0 Å². The SMILES string of the molecule is Cc1ccc(CN2C(=O)NC3(CCC(N)CC3)C2=O)cc1. The zero-order valence-electron chi connectivity index (χ0n) is 12.3. The number of carbonyl (C=O) groups is 2. The number of rotatable bonds is 2. The highest BCUT2D eigenvalue weighted by Crippen LogP contribution is 2.33. The van der Waals surface area contributed by atoms with Gasteiger partial charge in [-0.25, -0.2) is 4.79 Å². The fraction of sp³-hybridized carbons (Fsp3) is 0.500. The molecule has 0 unspecified atom stereocenters. The summed E-state index contributed by atoms with van der Waals surface area (Å²) >= 11 is 0. The van der Waals surface area contributed by atoms with Crippen molar-refractivity contribution < 1.29 is 9.59 Å². The van der Waals surface area contributed by atoms with Crippen LogP contribution in [0.1, 0.15) is 36.8 Å². The minimum atomic E-state index is -0.711. The van der Waals surface area contributed by atoms with Gasteiger partial charge < -0.3 is 11.1 Å². The summed E-state index contributed by atoms with van der Waals surface area (Å²) in [6, 6.07) is 7.75. The number of imide groups is 1. The highest BCUT2D eigenvalue weighted by molar-refractivity contribution is 6.07. The van der Waals surface area contributed by atoms with Crippen LogP contribution in [0.15, 0.2) is 24.3 Å². The second-order valence-electron chi connectivity index (χ2n) is 6.23. The molecule has 0 bridgehead atoms. The first kappa shape index (κ1) is 14.1. The Hall–Kier alpha value is -1.88. The molecule has 3 rings (SSSR count). The number of nitrogens with zero attached hydrogens (tertiary/aromatic N) is 1. The van der Waals surface area contributed by atoms with E-state index in [0.717, 1.165) is 24.0 Å². The number of hydrogen-bond acceptors (Lipinski definition) is 3. The van der Waals surface area contributed by atoms with Gasteiger partial charge in [0.05, 0.1) is 6.54 Å². The number of carbonyl (C=O) groups excluding carboxylic acids is 2. The lowest BCUT2D eigenvalue weighted by molar-refractivity contribution is -0.132. The van der Waals surface area contributed by atoms with Crippen LogP contribution in [0, 0.1) is 6.92 Å². The number of urea groups is 1. The van der Waals surface area contributed by atoms with Crippen molar-refractivity contribution in [2.75, 3.05) is 0 Å². The average Bonchev–Trinajstić information content (AvgIpc) is 2.69. The summed E-state index contributed by atoms with van der Waals surface area (Å²) in [7, 11) is 0. The molecule has 0 radical (unpaired) electrons. The molecule has 1 aromatic carbocycles. The molecule has 1 saturated heterocycles. The van der Waals surface area contributed by atoms with E-state index < -0.39 is 5.54 Å². The quantitative estimate of drug-likeness (QED) is 0.813. The van der Waals surface area contributed by atoms with Crippen LogP contribution in [0.4, 0.5) is 4.79 Å². The van der Waals surface area contributed by atoms with E-state index in [-0.39, 0.29) is 18.0 Å². The lowest BCUT2D eigenvalue weighted by Crippen LogP contribution is -2.51. The van der Waals surface area contributed by atoms with E-state index >= 15 is 0 Å². The van der Waals surface area contributed by atoms with Crippen molar-refractivity contribution in [3.05, 3.63) is 35.4 Å². The molecule has 1 aromatic rings. The van der Waals surface area contributed by atoms with Gasteiger partial charge in [-0.05, 0) is 38.2 Å². The van der Waals surface area contributed by atoms with Gasteiger partial charge in [0.25, 0.3) is 5.91 Å². The van der Waals surface area contributed by atoms with Gasteiger partial charge in [-0.15, -0.1) is 0 Å². The minimum Gasteiger partial charge on any atom is -0.328 e. The number of hydrogen-bond donors (Lipinski definition) is 2. The number of amides is 3. The molecule has 1 saturated carbocycles. The first-order chi connectivity index (χ1) is 10.00. The predicted octanol–water partition coefficient (Wildman–Crippen LogP) is 1.69. The van der Waals surface area contributed by atoms with E-state index in [1.165, 1.54) is 4.90 Å². The number of benzene rings is 1. The molecular weight excluding hydrogens is 266 g/mol. The zero-order chi connectivity index (χ0) is 15.0. The molecule has 3 amide bonds. The maximum absolute atomic E-state index is 12.7. The van der Waals surface area contributed by atoms with E-state index in [2.05, 4.69) is 5.32 Å². The van der Waals surface area contributed by atoms with E-state index in [0.29, 0.717) is 19.4 Å². The molecule has 21 heavy (non-hydrogen) atoms. The van der Waals surface area contributed by atoms with Crippen molar-refractivity contribution in [3.63, 3.8) is 0 Å². The molecule has 0 aromatic heterocycles. The number of nitrogens with two attached hydrogens (primary N) is 1. The number of aryl methyl sites for hydroxylation is 1. The van der Waals surface area contributed by atoms with Crippen LogP contribution >= 0.6 is 0 Å². The smallest absolute Gasteiger partial charge is 0.325 e. The van der Waals surface area contributed by atoms with Gasteiger partial charge >= 0.3 is 6.03 Å². The molecule has 1 aliphatic heterocycles. The molecule has 1 heterocycles. The fourth-order valence-electron chi connectivity index (χ4n) is 3.17. The molecule has 2 fully saturated rings. The molecule has 0 atom stereocenters. The van der Waals surface area contributed by atoms with Crippen molar-refractivity contribution in [3.8, 4) is 0 Å². The van der Waals surface area contributed by atoms with Crippen LogP contribution < -0.4 is 11.1 Å². The van der Waals surface area contributed by atoms with E-state index in [4.69, 9.17) is 5.73 Å². The Bertz CT molecular complexity index is 559. The minimum absolute atomic E-state index is 0.0972. The Morgan fingerprint density at radius 2 is 1.86 bits per heavy atom. The molecule has 3 N–H and O–H groups in total. The molecule has 1 spiro atoms. The number of nitrogens with one attached hydrogen (secondary N) is 1. The highest BCUT2D eigenvalue weighted by Gasteiger charge is 2.51. The van der Waals surface area contributed by atoms with Crippen LogP contribution in [0.3, 0.4) is 0 Å². The Kier molecular flexibility index (Phi) is 3.45. The van der Waals surface area contributed by atoms with Crippen LogP contribution in [0.2, 0.25) is 0 Å². The Labute approximate surface area is 124 Å². The van der Waals surface area contributed by atoms with Crippen molar-refractivity contribution in [2.24, 2.45) is 5.73 Å². The topological polar surface area (TPSA) is 75.4 Å². The van der Waals surface area contributed by atoms with E-state index in [9.17, 15) is 9.59 Å². The Morgan fingerprint density at radius 3 is 2.48 bits per heavy atom. The van der Waals surface area contributed by atoms with Crippen LogP contribution in [-0.2, 0) is 11.3 Å². The van der Waals surface area contributed by atoms with Crippen LogP contribution in [0.25, 0.3) is 0 Å². The second kappa shape index (κ2) is 5.15. The van der Waals surface area contributed by atoms with Crippen molar-refractivity contribution >= 4 is 11.9 Å². The molecule has 5 heteroatoms. The van der Waals surface area contributed by atoms with Crippen molar-refractivity contribution in [1.29, 1.82) is 0 Å². The summed E-state index contributed by atoms with van der Waals surface area (Å²) < 4.78 is 0. The molecular formula is C16H21N3O2. The predicted molar refractivity (Wildman–Crippen MR) is 79.4 cm³/mol. The molecule has 1 aliphatic carbocycles. The van der Waals surface area contributed by atoms with E-state index in [1.807, 2.05) is 31.2 Å². The second-order valence-corrected chi connectivity index (χ2v) is 6.23. The maximum atomic E-state index is 12.7. The summed E-state index contributed by atoms with van der Waals surface area (Å²) in [4.78, 5) is 26.2. The monoisotopic (exact) mass is 287 g/mol. The third kappa shape index (κ3) is 2.53. The summed E-state index contributed by atoms with van der Waals surface area (Å²) in [6.45, 7) is 2.34. The zero-order valence-corrected chi connectivity index (χ0v) is 12.3. The molecule has 112 valence electrons. The van der Waals surface area contributed by atoms with Crippen molar-refractivity contribution in [2.45, 2.75) is 50.7 Å². The standard InChI is InChI=1S/C16H21N3O2/c1-11-2-4-12(5-3-11)10-19-14(20)16(18-15(19)21)8-6-13(17)7-9-16/h2-5,13H,6-10,17H2,1H3,(H,18,21). The van der Waals surface area contributed by atoms with Gasteiger partial charge in [0.1, 0.15) is 5.54 Å². The largest absolute Gasteiger partial charge is 0.328 e. The van der Waals surface area contributed by atoms with Gasteiger partial charge in [-0.3, -0.25) is 9.69 Å². The Balaban J connectivity index is 1.76. The normalized spacial score (nSPS) is 29.0. The first-order valence-corrected chi connectivity index (χ1v) is 7.45. The lowest BCUT2D eigenvalue weighted by Gasteiger charge is -2.33. The summed E-state index contributed by atoms with van der Waals surface area (Å²) in [5, 5.41) is 2.90. The highest BCUT2D eigenvalue weighted by atomic mass is 16.2. The van der Waals surface area contributed by atoms with Crippen molar-refractivity contribution in [1.82, 2.24) is 10.2 Å². The van der Waals surface area contributed by atoms with Gasteiger partial charge in [-0.1, -0.05) is 29.8 Å². The molecule has 2 aliphatic rings.